The average molecular weight is 389 g/mol. The monoisotopic (exact) mass is 389 g/mol. The number of hydrogen-bond donors (Lipinski definition) is 1. The van der Waals surface area contributed by atoms with E-state index in [-0.39, 0.29) is 11.4 Å². The highest BCUT2D eigenvalue weighted by molar-refractivity contribution is 14.1. The van der Waals surface area contributed by atoms with Gasteiger partial charge in [0, 0.05) is 3.57 Å². The normalized spacial score (nSPS) is 9.40. The first-order valence-electron chi connectivity index (χ1n) is 5.51. The van der Waals surface area contributed by atoms with Gasteiger partial charge in [0.25, 0.3) is 0 Å². The number of carbonyl (C=O) groups is 1. The molecule has 7 heteroatoms. The van der Waals surface area contributed by atoms with Gasteiger partial charge < -0.3 is 10.5 Å². The Hall–Kier alpha value is -1.77. The fourth-order valence-electron chi connectivity index (χ4n) is 1.26. The highest BCUT2D eigenvalue weighted by Crippen LogP contribution is 2.12. The molecule has 0 radical (unpaired) electrons. The van der Waals surface area contributed by atoms with Crippen LogP contribution in [0.15, 0.2) is 24.4 Å². The number of aldehydes is 1. The van der Waals surface area contributed by atoms with Gasteiger partial charge in [-0.1, -0.05) is 0 Å². The van der Waals surface area contributed by atoms with Crippen LogP contribution in [0.3, 0.4) is 0 Å². The molecule has 0 saturated carbocycles. The lowest BCUT2D eigenvalue weighted by molar-refractivity contribution is 0.111. The Morgan fingerprint density at radius 1 is 1.45 bits per heavy atom. The van der Waals surface area contributed by atoms with E-state index >= 15 is 0 Å². The number of nitrogens with zero attached hydrogens (tertiary/aromatic N) is 2. The van der Waals surface area contributed by atoms with Gasteiger partial charge >= 0.3 is 0 Å². The molecule has 0 fully saturated rings. The van der Waals surface area contributed by atoms with E-state index in [1.807, 2.05) is 13.0 Å². The maximum atomic E-state index is 12.4. The molecule has 0 aromatic carbocycles. The lowest BCUT2D eigenvalue weighted by atomic mass is 10.3. The van der Waals surface area contributed by atoms with Crippen LogP contribution in [0, 0.1) is 16.3 Å². The minimum Gasteiger partial charge on any atom is -0.480 e. The zero-order chi connectivity index (χ0) is 15.1. The summed E-state index contributed by atoms with van der Waals surface area (Å²) in [6, 6.07) is 4.83. The Labute approximate surface area is 129 Å². The molecule has 2 N–H and O–H groups in total. The van der Waals surface area contributed by atoms with Gasteiger partial charge in [0.2, 0.25) is 5.88 Å². The summed E-state index contributed by atoms with van der Waals surface area (Å²) >= 11 is 2.22. The van der Waals surface area contributed by atoms with E-state index in [0.29, 0.717) is 12.1 Å². The van der Waals surface area contributed by atoms with Crippen molar-refractivity contribution >= 4 is 34.7 Å². The number of halogens is 2. The largest absolute Gasteiger partial charge is 0.480 e. The quantitative estimate of drug-likeness (QED) is 0.631. The van der Waals surface area contributed by atoms with Crippen LogP contribution in [0.5, 0.6) is 5.88 Å². The van der Waals surface area contributed by atoms with Crippen molar-refractivity contribution in [1.82, 2.24) is 9.97 Å². The summed E-state index contributed by atoms with van der Waals surface area (Å²) in [4.78, 5) is 17.8. The smallest absolute Gasteiger partial charge is 0.223 e. The standard InChI is InChI=1S/C7H6FNO2.C6H7IN2/c1-11-7-5(4-10)2-6(8)3-9-7;1-4-5(7)2-3-6(8)9-4/h2-4H,1H3;2-3H,1H3,(H2,8,9). The summed E-state index contributed by atoms with van der Waals surface area (Å²) in [5, 5.41) is 0. The number of nitrogens with two attached hydrogens (primary N) is 1. The first kappa shape index (κ1) is 16.3. The second-order valence-electron chi connectivity index (χ2n) is 3.67. The van der Waals surface area contributed by atoms with Crippen LogP contribution in [0.1, 0.15) is 16.1 Å². The van der Waals surface area contributed by atoms with Crippen LogP contribution < -0.4 is 10.5 Å². The van der Waals surface area contributed by atoms with Crippen molar-refractivity contribution in [3.05, 3.63) is 45.0 Å². The van der Waals surface area contributed by atoms with Gasteiger partial charge in [-0.3, -0.25) is 4.79 Å². The van der Waals surface area contributed by atoms with Crippen molar-refractivity contribution in [3.8, 4) is 5.88 Å². The number of ether oxygens (including phenoxy) is 1. The summed E-state index contributed by atoms with van der Waals surface area (Å²) in [5.41, 5.74) is 6.53. The average Bonchev–Trinajstić information content (AvgIpc) is 2.44. The van der Waals surface area contributed by atoms with Gasteiger partial charge in [-0.25, -0.2) is 14.4 Å². The van der Waals surface area contributed by atoms with E-state index in [1.165, 1.54) is 7.11 Å². The number of aryl methyl sites for hydroxylation is 1. The van der Waals surface area contributed by atoms with E-state index < -0.39 is 5.82 Å². The van der Waals surface area contributed by atoms with Crippen molar-refractivity contribution in [2.24, 2.45) is 0 Å². The Morgan fingerprint density at radius 2 is 2.15 bits per heavy atom. The molecule has 0 aliphatic carbocycles. The number of rotatable bonds is 2. The number of nitrogen functional groups attached to an aromatic ring is 1. The van der Waals surface area contributed by atoms with Gasteiger partial charge in [0.05, 0.1) is 24.6 Å². The van der Waals surface area contributed by atoms with E-state index in [1.54, 1.807) is 6.07 Å². The molecule has 0 atom stereocenters. The van der Waals surface area contributed by atoms with Crippen LogP contribution in [-0.2, 0) is 0 Å². The zero-order valence-corrected chi connectivity index (χ0v) is 13.1. The van der Waals surface area contributed by atoms with Crippen LogP contribution in [0.4, 0.5) is 10.2 Å². The molecule has 0 unspecified atom stereocenters. The van der Waals surface area contributed by atoms with E-state index in [4.69, 9.17) is 5.73 Å². The van der Waals surface area contributed by atoms with Crippen LogP contribution in [0.2, 0.25) is 0 Å². The van der Waals surface area contributed by atoms with Gasteiger partial charge in [-0.15, -0.1) is 0 Å². The maximum absolute atomic E-state index is 12.4. The van der Waals surface area contributed by atoms with Gasteiger partial charge in [-0.2, -0.15) is 0 Å². The van der Waals surface area contributed by atoms with Crippen molar-refractivity contribution < 1.29 is 13.9 Å². The number of aromatic nitrogens is 2. The Bertz CT molecular complexity index is 608. The number of methoxy groups -OCH3 is 1. The number of carbonyl (C=O) groups excluding carboxylic acids is 1. The third-order valence-electron chi connectivity index (χ3n) is 2.21. The third-order valence-corrected chi connectivity index (χ3v) is 3.35. The molecule has 2 rings (SSSR count). The highest BCUT2D eigenvalue weighted by Gasteiger charge is 2.03. The number of hydrogen-bond acceptors (Lipinski definition) is 5. The molecule has 0 aliphatic rings. The predicted molar refractivity (Wildman–Crippen MR) is 82.2 cm³/mol. The predicted octanol–water partition coefficient (Wildman–Crippen LogP) is 2.62. The number of pyridine rings is 2. The van der Waals surface area contributed by atoms with Crippen LogP contribution in [0.25, 0.3) is 0 Å². The fraction of sp³-hybridized carbons (Fsp3) is 0.154. The van der Waals surface area contributed by atoms with E-state index in [2.05, 4.69) is 37.3 Å². The van der Waals surface area contributed by atoms with E-state index in [9.17, 15) is 9.18 Å². The highest BCUT2D eigenvalue weighted by atomic mass is 127. The Balaban J connectivity index is 0.000000204. The molecule has 0 aliphatic heterocycles. The molecule has 106 valence electrons. The molecule has 2 heterocycles. The lowest BCUT2D eigenvalue weighted by Crippen LogP contribution is -1.94. The van der Waals surface area contributed by atoms with Crippen LogP contribution >= 0.6 is 22.6 Å². The SMILES string of the molecule is COc1ncc(F)cc1C=O.Cc1nc(N)ccc1I. The Kier molecular flexibility index (Phi) is 6.29. The first-order valence-corrected chi connectivity index (χ1v) is 6.59. The first-order chi connectivity index (χ1) is 9.47. The van der Waals surface area contributed by atoms with Crippen LogP contribution in [-0.4, -0.2) is 23.4 Å². The fourth-order valence-corrected chi connectivity index (χ4v) is 1.56. The van der Waals surface area contributed by atoms with Gasteiger partial charge in [0.1, 0.15) is 11.6 Å². The summed E-state index contributed by atoms with van der Waals surface area (Å²) in [6.07, 6.45) is 1.49. The molecule has 2 aromatic rings. The molecule has 20 heavy (non-hydrogen) atoms. The molecule has 0 amide bonds. The van der Waals surface area contributed by atoms with Crippen molar-refractivity contribution in [3.63, 3.8) is 0 Å². The topological polar surface area (TPSA) is 78.1 Å². The molecular weight excluding hydrogens is 376 g/mol. The van der Waals surface area contributed by atoms with Crippen molar-refractivity contribution in [1.29, 1.82) is 0 Å². The summed E-state index contributed by atoms with van der Waals surface area (Å²) in [7, 11) is 1.37. The second-order valence-corrected chi connectivity index (χ2v) is 4.84. The molecular formula is C13H13FIN3O2. The Morgan fingerprint density at radius 3 is 2.65 bits per heavy atom. The van der Waals surface area contributed by atoms with Gasteiger partial charge in [-0.05, 0) is 47.7 Å². The van der Waals surface area contributed by atoms with Crippen molar-refractivity contribution in [2.75, 3.05) is 12.8 Å². The van der Waals surface area contributed by atoms with Gasteiger partial charge in [0.15, 0.2) is 6.29 Å². The lowest BCUT2D eigenvalue weighted by Gasteiger charge is -1.99. The maximum Gasteiger partial charge on any atom is 0.223 e. The number of anilines is 1. The third kappa shape index (κ3) is 4.72. The summed E-state index contributed by atoms with van der Waals surface area (Å²) < 4.78 is 18.2. The molecule has 5 nitrogen and oxygen atoms in total. The minimum absolute atomic E-state index is 0.118. The second kappa shape index (κ2) is 7.73. The minimum atomic E-state index is -0.548. The molecule has 0 saturated heterocycles. The zero-order valence-electron chi connectivity index (χ0n) is 10.9. The summed E-state index contributed by atoms with van der Waals surface area (Å²) in [5.74, 6) is 0.183. The molecule has 0 spiro atoms. The summed E-state index contributed by atoms with van der Waals surface area (Å²) in [6.45, 7) is 1.94. The van der Waals surface area contributed by atoms with E-state index in [0.717, 1.165) is 21.5 Å². The molecule has 0 bridgehead atoms. The van der Waals surface area contributed by atoms with Crippen molar-refractivity contribution in [2.45, 2.75) is 6.92 Å². The molecule has 2 aromatic heterocycles.